The fraction of sp³-hybridized carbons (Fsp3) is 0.622. The first-order valence-corrected chi connectivity index (χ1v) is 18.9. The minimum absolute atomic E-state index is 0.0370. The van der Waals surface area contributed by atoms with Gasteiger partial charge < -0.3 is 20.1 Å². The van der Waals surface area contributed by atoms with Crippen LogP contribution < -0.4 is 5.73 Å². The summed E-state index contributed by atoms with van der Waals surface area (Å²) in [4.78, 5) is 34.6. The maximum Gasteiger partial charge on any atom is 0.472 e. The van der Waals surface area contributed by atoms with Crippen LogP contribution in [-0.4, -0.2) is 49.3 Å². The number of rotatable bonds is 31. The molecule has 268 valence electrons. The molecule has 0 aromatic rings. The summed E-state index contributed by atoms with van der Waals surface area (Å²) < 4.78 is 32.4. The van der Waals surface area contributed by atoms with E-state index in [0.29, 0.717) is 12.8 Å². The van der Waals surface area contributed by atoms with Gasteiger partial charge in [0.2, 0.25) is 0 Å². The van der Waals surface area contributed by atoms with Crippen LogP contribution in [-0.2, 0) is 32.7 Å². The molecule has 0 saturated carbocycles. The monoisotopic (exact) mass is 679 g/mol. The predicted molar refractivity (Wildman–Crippen MR) is 192 cm³/mol. The fourth-order valence-electron chi connectivity index (χ4n) is 4.04. The Morgan fingerprint density at radius 3 is 1.83 bits per heavy atom. The Hall–Kier alpha value is -2.55. The van der Waals surface area contributed by atoms with E-state index in [0.717, 1.165) is 70.6 Å². The van der Waals surface area contributed by atoms with Crippen LogP contribution in [0.5, 0.6) is 0 Å². The zero-order valence-corrected chi connectivity index (χ0v) is 29.9. The van der Waals surface area contributed by atoms with Crippen molar-refractivity contribution in [2.24, 2.45) is 5.73 Å². The minimum atomic E-state index is -4.39. The SMILES string of the molecule is CC/C=C\C/C=C\C/C=C\C/C=C\CCC(=O)OC(COC(=O)CCCCCCC/C=C\C/C=C\CCC)COP(=O)(O)OCCN. The fourth-order valence-corrected chi connectivity index (χ4v) is 4.80. The van der Waals surface area contributed by atoms with E-state index in [4.69, 9.17) is 24.3 Å². The van der Waals surface area contributed by atoms with E-state index >= 15 is 0 Å². The van der Waals surface area contributed by atoms with Crippen molar-refractivity contribution in [3.63, 3.8) is 0 Å². The minimum Gasteiger partial charge on any atom is -0.462 e. The molecule has 0 bridgehead atoms. The van der Waals surface area contributed by atoms with Crippen molar-refractivity contribution < 1.29 is 37.6 Å². The Balaban J connectivity index is 4.43. The zero-order valence-electron chi connectivity index (χ0n) is 29.0. The summed E-state index contributed by atoms with van der Waals surface area (Å²) in [5.41, 5.74) is 5.31. The number of hydrogen-bond acceptors (Lipinski definition) is 8. The van der Waals surface area contributed by atoms with Gasteiger partial charge in [-0.15, -0.1) is 0 Å². The summed E-state index contributed by atoms with van der Waals surface area (Å²) in [5.74, 6) is -0.952. The number of carbonyl (C=O) groups excluding carboxylic acids is 2. The number of allylic oxidation sites excluding steroid dienone is 12. The first-order chi connectivity index (χ1) is 22.8. The summed E-state index contributed by atoms with van der Waals surface area (Å²) in [6.45, 7) is 3.40. The van der Waals surface area contributed by atoms with E-state index in [1.165, 1.54) is 6.42 Å². The summed E-state index contributed by atoms with van der Waals surface area (Å²) in [5, 5.41) is 0. The standard InChI is InChI=1S/C37H62NO8P/c1-3-5-7-9-11-13-15-17-19-21-23-25-27-29-36(39)43-33-35(34-45-47(41,42)44-32-31-38)46-37(40)30-28-26-24-22-20-18-16-14-12-10-8-6-4-2/h6-9,12-15,18,20,24,26,35H,3-5,10-11,16-17,19,21-23,25,27-34,38H2,1-2H3,(H,41,42)/b8-6-,9-7-,14-12-,15-13-,20-18-,26-24-. The number of phosphoric ester groups is 1. The highest BCUT2D eigenvalue weighted by atomic mass is 31.2. The topological polar surface area (TPSA) is 134 Å². The number of carbonyl (C=O) groups is 2. The second-order valence-corrected chi connectivity index (χ2v) is 12.4. The molecule has 0 fully saturated rings. The maximum absolute atomic E-state index is 12.4. The molecule has 47 heavy (non-hydrogen) atoms. The molecule has 0 aromatic carbocycles. The first kappa shape index (κ1) is 44.5. The van der Waals surface area contributed by atoms with Crippen LogP contribution in [0.1, 0.15) is 117 Å². The molecular weight excluding hydrogens is 617 g/mol. The van der Waals surface area contributed by atoms with Gasteiger partial charge in [-0.25, -0.2) is 4.57 Å². The van der Waals surface area contributed by atoms with Gasteiger partial charge in [0.1, 0.15) is 6.61 Å². The highest BCUT2D eigenvalue weighted by Gasteiger charge is 2.25. The van der Waals surface area contributed by atoms with E-state index in [-0.39, 0.29) is 32.6 Å². The molecule has 0 radical (unpaired) electrons. The van der Waals surface area contributed by atoms with Crippen molar-refractivity contribution in [3.8, 4) is 0 Å². The van der Waals surface area contributed by atoms with E-state index in [2.05, 4.69) is 74.6 Å². The van der Waals surface area contributed by atoms with Crippen LogP contribution in [0.2, 0.25) is 0 Å². The third-order valence-electron chi connectivity index (χ3n) is 6.57. The lowest BCUT2D eigenvalue weighted by Gasteiger charge is -2.19. The third-order valence-corrected chi connectivity index (χ3v) is 7.55. The first-order valence-electron chi connectivity index (χ1n) is 17.4. The molecule has 0 heterocycles. The van der Waals surface area contributed by atoms with Gasteiger partial charge in [-0.05, 0) is 64.2 Å². The van der Waals surface area contributed by atoms with E-state index in [1.807, 2.05) is 12.2 Å². The van der Waals surface area contributed by atoms with Crippen molar-refractivity contribution in [2.75, 3.05) is 26.4 Å². The molecule has 9 nitrogen and oxygen atoms in total. The molecule has 0 spiro atoms. The van der Waals surface area contributed by atoms with Crippen molar-refractivity contribution in [2.45, 2.75) is 123 Å². The summed E-state index contributed by atoms with van der Waals surface area (Å²) in [6.07, 6.45) is 38.1. The maximum atomic E-state index is 12.4. The number of unbranched alkanes of at least 4 members (excludes halogenated alkanes) is 6. The quantitative estimate of drug-likeness (QED) is 0.0318. The Kier molecular flexibility index (Phi) is 31.5. The second-order valence-electron chi connectivity index (χ2n) is 11.0. The Bertz CT molecular complexity index is 1000. The van der Waals surface area contributed by atoms with Gasteiger partial charge in [-0.3, -0.25) is 18.6 Å². The van der Waals surface area contributed by atoms with Crippen LogP contribution in [0.15, 0.2) is 72.9 Å². The van der Waals surface area contributed by atoms with Gasteiger partial charge in [0.25, 0.3) is 0 Å². The lowest BCUT2D eigenvalue weighted by Crippen LogP contribution is -2.29. The summed E-state index contributed by atoms with van der Waals surface area (Å²) in [6, 6.07) is 0. The zero-order chi connectivity index (χ0) is 34.7. The van der Waals surface area contributed by atoms with Crippen LogP contribution in [0.4, 0.5) is 0 Å². The molecule has 0 saturated heterocycles. The molecular formula is C37H62NO8P. The normalized spacial score (nSPS) is 14.4. The Labute approximate surface area is 284 Å². The molecule has 0 aliphatic carbocycles. The molecule has 0 aromatic heterocycles. The third kappa shape index (κ3) is 33.2. The van der Waals surface area contributed by atoms with Gasteiger partial charge >= 0.3 is 19.8 Å². The van der Waals surface area contributed by atoms with Crippen molar-refractivity contribution in [1.82, 2.24) is 0 Å². The number of hydrogen-bond donors (Lipinski definition) is 2. The van der Waals surface area contributed by atoms with Gasteiger partial charge in [0.05, 0.1) is 13.2 Å². The average molecular weight is 680 g/mol. The highest BCUT2D eigenvalue weighted by molar-refractivity contribution is 7.47. The number of phosphoric acid groups is 1. The van der Waals surface area contributed by atoms with Crippen molar-refractivity contribution in [3.05, 3.63) is 72.9 Å². The molecule has 0 aliphatic heterocycles. The second kappa shape index (κ2) is 33.4. The molecule has 0 amide bonds. The summed E-state index contributed by atoms with van der Waals surface area (Å²) in [7, 11) is -4.39. The van der Waals surface area contributed by atoms with Crippen LogP contribution in [0.3, 0.4) is 0 Å². The highest BCUT2D eigenvalue weighted by Crippen LogP contribution is 2.43. The van der Waals surface area contributed by atoms with E-state index < -0.39 is 32.5 Å². The number of nitrogens with two attached hydrogens (primary N) is 1. The molecule has 0 rings (SSSR count). The summed E-state index contributed by atoms with van der Waals surface area (Å²) >= 11 is 0. The van der Waals surface area contributed by atoms with Gasteiger partial charge in [-0.1, -0.05) is 112 Å². The average Bonchev–Trinajstić information content (AvgIpc) is 3.05. The van der Waals surface area contributed by atoms with E-state index in [1.54, 1.807) is 0 Å². The van der Waals surface area contributed by atoms with Crippen LogP contribution >= 0.6 is 7.82 Å². The number of ether oxygens (including phenoxy) is 2. The van der Waals surface area contributed by atoms with Gasteiger partial charge in [0.15, 0.2) is 6.10 Å². The number of esters is 2. The molecule has 10 heteroatoms. The smallest absolute Gasteiger partial charge is 0.462 e. The Morgan fingerprint density at radius 2 is 1.21 bits per heavy atom. The molecule has 0 aliphatic rings. The lowest BCUT2D eigenvalue weighted by molar-refractivity contribution is -0.161. The van der Waals surface area contributed by atoms with E-state index in [9.17, 15) is 19.0 Å². The largest absolute Gasteiger partial charge is 0.472 e. The molecule has 3 N–H and O–H groups in total. The molecule has 2 unspecified atom stereocenters. The molecule has 2 atom stereocenters. The predicted octanol–water partition coefficient (Wildman–Crippen LogP) is 9.15. The lowest BCUT2D eigenvalue weighted by atomic mass is 10.1. The van der Waals surface area contributed by atoms with Crippen LogP contribution in [0, 0.1) is 0 Å². The van der Waals surface area contributed by atoms with Gasteiger partial charge in [-0.2, -0.15) is 0 Å². The van der Waals surface area contributed by atoms with Crippen molar-refractivity contribution >= 4 is 19.8 Å². The Morgan fingerprint density at radius 1 is 0.660 bits per heavy atom. The van der Waals surface area contributed by atoms with Crippen LogP contribution in [0.25, 0.3) is 0 Å². The van der Waals surface area contributed by atoms with Crippen molar-refractivity contribution in [1.29, 1.82) is 0 Å². The van der Waals surface area contributed by atoms with Gasteiger partial charge in [0, 0.05) is 19.4 Å².